The Hall–Kier alpha value is -4.34. The van der Waals surface area contributed by atoms with Crippen LogP contribution in [0.2, 0.25) is 0 Å². The molecule has 10 heteroatoms. The van der Waals surface area contributed by atoms with Crippen LogP contribution in [0, 0.1) is 0 Å². The number of alkyl halides is 3. The van der Waals surface area contributed by atoms with Gasteiger partial charge in [0.05, 0.1) is 18.4 Å². The van der Waals surface area contributed by atoms with Gasteiger partial charge in [0.2, 0.25) is 0 Å². The van der Waals surface area contributed by atoms with Crippen LogP contribution >= 0.6 is 0 Å². The first-order valence-corrected chi connectivity index (χ1v) is 10.1. The molecular weight excluding hydrogens is 449 g/mol. The Morgan fingerprint density at radius 1 is 1.03 bits per heavy atom. The Balaban J connectivity index is 1.84. The third-order valence-electron chi connectivity index (χ3n) is 5.22. The van der Waals surface area contributed by atoms with Gasteiger partial charge in [-0.3, -0.25) is 9.36 Å². The van der Waals surface area contributed by atoms with E-state index in [9.17, 15) is 22.8 Å². The maximum absolute atomic E-state index is 13.3. The van der Waals surface area contributed by atoms with Crippen molar-refractivity contribution >= 4 is 28.4 Å². The zero-order valence-electron chi connectivity index (χ0n) is 18.1. The fourth-order valence-electron chi connectivity index (χ4n) is 3.67. The number of pyridine rings is 2. The summed E-state index contributed by atoms with van der Waals surface area (Å²) in [5, 5.41) is 5.22. The molecule has 0 atom stereocenters. The number of urea groups is 1. The predicted molar refractivity (Wildman–Crippen MR) is 123 cm³/mol. The smallest absolute Gasteiger partial charge is 0.418 e. The van der Waals surface area contributed by atoms with Crippen molar-refractivity contribution in [2.45, 2.75) is 6.18 Å². The van der Waals surface area contributed by atoms with Crippen molar-refractivity contribution in [1.82, 2.24) is 9.55 Å². The number of ether oxygens (including phenoxy) is 1. The Morgan fingerprint density at radius 2 is 1.79 bits per heavy atom. The number of carbonyl (C=O) groups is 1. The molecule has 4 aromatic rings. The van der Waals surface area contributed by atoms with Crippen LogP contribution in [0.1, 0.15) is 5.56 Å². The molecule has 2 aromatic carbocycles. The average molecular weight is 468 g/mol. The Kier molecular flexibility index (Phi) is 5.97. The molecule has 2 amide bonds. The number of anilines is 2. The predicted octanol–water partition coefficient (Wildman–Crippen LogP) is 5.27. The highest BCUT2D eigenvalue weighted by molar-refractivity contribution is 6.07. The van der Waals surface area contributed by atoms with Gasteiger partial charge in [-0.25, -0.2) is 9.78 Å². The minimum atomic E-state index is -4.67. The molecule has 174 valence electrons. The fraction of sp³-hybridized carbons (Fsp3) is 0.125. The maximum atomic E-state index is 13.3. The molecule has 0 unspecified atom stereocenters. The molecule has 0 saturated carbocycles. The van der Waals surface area contributed by atoms with Crippen LogP contribution in [0.4, 0.5) is 29.3 Å². The number of aromatic nitrogens is 2. The number of nitrogens with zero attached hydrogens (tertiary/aromatic N) is 2. The molecule has 0 radical (unpaired) electrons. The SMILES string of the molecule is COc1cccc(-c2c(NC(=O)Nc3ccccc3C(F)(F)F)c(=O)n(C)c3ncccc23)c1. The zero-order chi connectivity index (χ0) is 24.5. The van der Waals surface area contributed by atoms with E-state index in [0.29, 0.717) is 27.9 Å². The van der Waals surface area contributed by atoms with Gasteiger partial charge >= 0.3 is 12.2 Å². The molecule has 2 N–H and O–H groups in total. The van der Waals surface area contributed by atoms with Crippen LogP contribution in [0.25, 0.3) is 22.2 Å². The largest absolute Gasteiger partial charge is 0.497 e. The van der Waals surface area contributed by atoms with Crippen LogP contribution in [0.5, 0.6) is 5.75 Å². The molecule has 0 saturated heterocycles. The number of amides is 2. The van der Waals surface area contributed by atoms with E-state index in [4.69, 9.17) is 4.74 Å². The van der Waals surface area contributed by atoms with Gasteiger partial charge in [-0.15, -0.1) is 0 Å². The molecule has 34 heavy (non-hydrogen) atoms. The Bertz CT molecular complexity index is 1450. The lowest BCUT2D eigenvalue weighted by Crippen LogP contribution is -2.29. The van der Waals surface area contributed by atoms with E-state index in [1.165, 1.54) is 37.1 Å². The third-order valence-corrected chi connectivity index (χ3v) is 5.22. The number of para-hydroxylation sites is 1. The minimum absolute atomic E-state index is 0.113. The van der Waals surface area contributed by atoms with E-state index in [1.54, 1.807) is 36.4 Å². The Morgan fingerprint density at radius 3 is 2.53 bits per heavy atom. The zero-order valence-corrected chi connectivity index (χ0v) is 18.1. The average Bonchev–Trinajstić information content (AvgIpc) is 2.82. The molecule has 0 bridgehead atoms. The summed E-state index contributed by atoms with van der Waals surface area (Å²) in [6, 6.07) is 13.8. The van der Waals surface area contributed by atoms with Gasteiger partial charge in [-0.2, -0.15) is 13.2 Å². The van der Waals surface area contributed by atoms with Gasteiger partial charge in [0, 0.05) is 24.2 Å². The lowest BCUT2D eigenvalue weighted by atomic mass is 10.00. The molecule has 7 nitrogen and oxygen atoms in total. The summed E-state index contributed by atoms with van der Waals surface area (Å²) in [4.78, 5) is 30.3. The molecular formula is C24H19F3N4O3. The highest BCUT2D eigenvalue weighted by Gasteiger charge is 2.33. The van der Waals surface area contributed by atoms with Crippen LogP contribution in [0.3, 0.4) is 0 Å². The van der Waals surface area contributed by atoms with E-state index in [2.05, 4.69) is 15.6 Å². The normalized spacial score (nSPS) is 11.3. The summed E-state index contributed by atoms with van der Waals surface area (Å²) in [5.41, 5.74) is -0.839. The van der Waals surface area contributed by atoms with Crippen molar-refractivity contribution in [3.05, 3.63) is 82.8 Å². The van der Waals surface area contributed by atoms with Crippen molar-refractivity contribution in [2.24, 2.45) is 7.05 Å². The van der Waals surface area contributed by atoms with E-state index in [0.717, 1.165) is 12.1 Å². The number of fused-ring (bicyclic) bond motifs is 1. The van der Waals surface area contributed by atoms with Gasteiger partial charge in [0.1, 0.15) is 17.1 Å². The lowest BCUT2D eigenvalue weighted by Gasteiger charge is -2.18. The van der Waals surface area contributed by atoms with Gasteiger partial charge in [0.15, 0.2) is 0 Å². The topological polar surface area (TPSA) is 85.3 Å². The summed E-state index contributed by atoms with van der Waals surface area (Å²) in [7, 11) is 2.99. The molecule has 0 aliphatic carbocycles. The lowest BCUT2D eigenvalue weighted by molar-refractivity contribution is -0.136. The summed E-state index contributed by atoms with van der Waals surface area (Å²) in [6.45, 7) is 0. The summed E-state index contributed by atoms with van der Waals surface area (Å²) < 4.78 is 46.5. The van der Waals surface area contributed by atoms with Crippen molar-refractivity contribution in [1.29, 1.82) is 0 Å². The molecule has 0 aliphatic rings. The number of halogens is 3. The maximum Gasteiger partial charge on any atom is 0.418 e. The molecule has 2 heterocycles. The summed E-state index contributed by atoms with van der Waals surface area (Å²) >= 11 is 0. The minimum Gasteiger partial charge on any atom is -0.497 e. The second-order valence-corrected chi connectivity index (χ2v) is 7.34. The number of nitrogens with one attached hydrogen (secondary N) is 2. The van der Waals surface area contributed by atoms with Crippen LogP contribution < -0.4 is 20.9 Å². The van der Waals surface area contributed by atoms with Crippen LogP contribution in [-0.4, -0.2) is 22.7 Å². The van der Waals surface area contributed by atoms with Gasteiger partial charge in [0.25, 0.3) is 5.56 Å². The second kappa shape index (κ2) is 8.89. The molecule has 0 fully saturated rings. The quantitative estimate of drug-likeness (QED) is 0.427. The highest BCUT2D eigenvalue weighted by Crippen LogP contribution is 2.36. The number of hydrogen-bond acceptors (Lipinski definition) is 4. The van der Waals surface area contributed by atoms with Gasteiger partial charge < -0.3 is 15.4 Å². The summed E-state index contributed by atoms with van der Waals surface area (Å²) in [5.74, 6) is 0.518. The number of rotatable bonds is 4. The molecule has 0 aliphatic heterocycles. The first kappa shape index (κ1) is 22.8. The number of hydrogen-bond donors (Lipinski definition) is 2. The van der Waals surface area contributed by atoms with E-state index in [1.807, 2.05) is 0 Å². The Labute approximate surface area is 191 Å². The van der Waals surface area contributed by atoms with Gasteiger partial charge in [-0.05, 0) is 42.0 Å². The third kappa shape index (κ3) is 4.29. The van der Waals surface area contributed by atoms with Crippen molar-refractivity contribution in [3.8, 4) is 16.9 Å². The number of methoxy groups -OCH3 is 1. The fourth-order valence-corrected chi connectivity index (χ4v) is 3.67. The summed E-state index contributed by atoms with van der Waals surface area (Å²) in [6.07, 6.45) is -3.13. The number of carbonyl (C=O) groups excluding carboxylic acids is 1. The number of aryl methyl sites for hydroxylation is 1. The molecule has 2 aromatic heterocycles. The highest BCUT2D eigenvalue weighted by atomic mass is 19.4. The van der Waals surface area contributed by atoms with E-state index >= 15 is 0 Å². The van der Waals surface area contributed by atoms with Crippen molar-refractivity contribution in [2.75, 3.05) is 17.7 Å². The monoisotopic (exact) mass is 468 g/mol. The first-order valence-electron chi connectivity index (χ1n) is 10.1. The van der Waals surface area contributed by atoms with E-state index in [-0.39, 0.29) is 5.69 Å². The van der Waals surface area contributed by atoms with Crippen LogP contribution in [0.15, 0.2) is 71.7 Å². The van der Waals surface area contributed by atoms with E-state index < -0.39 is 29.0 Å². The molecule has 4 rings (SSSR count). The standard InChI is InChI=1S/C24H19F3N4O3/c1-31-21-16(9-6-12-28-21)19(14-7-5-8-15(13-14)34-2)20(22(31)32)30-23(33)29-18-11-4-3-10-17(18)24(25,26)27/h3-13H,1-2H3,(H2,29,30,33). The second-order valence-electron chi connectivity index (χ2n) is 7.34. The van der Waals surface area contributed by atoms with Crippen LogP contribution in [-0.2, 0) is 13.2 Å². The van der Waals surface area contributed by atoms with Gasteiger partial charge in [-0.1, -0.05) is 24.3 Å². The van der Waals surface area contributed by atoms with Crippen molar-refractivity contribution in [3.63, 3.8) is 0 Å². The number of benzene rings is 2. The van der Waals surface area contributed by atoms with Crippen molar-refractivity contribution < 1.29 is 22.7 Å². The first-order chi connectivity index (χ1) is 16.2. The molecule has 0 spiro atoms.